The minimum Gasteiger partial charge on any atom is -0.469 e. The van der Waals surface area contributed by atoms with Gasteiger partial charge >= 0.3 is 12.1 Å². The van der Waals surface area contributed by atoms with Gasteiger partial charge < -0.3 is 14.8 Å². The lowest BCUT2D eigenvalue weighted by Gasteiger charge is -2.23. The quantitative estimate of drug-likeness (QED) is 0.836. The van der Waals surface area contributed by atoms with Crippen molar-refractivity contribution in [3.63, 3.8) is 0 Å². The van der Waals surface area contributed by atoms with Crippen molar-refractivity contribution < 1.29 is 19.1 Å². The van der Waals surface area contributed by atoms with E-state index in [0.717, 1.165) is 10.0 Å². The Labute approximate surface area is 133 Å². The average Bonchev–Trinajstić information content (AvgIpc) is 2.36. The third-order valence-electron chi connectivity index (χ3n) is 2.56. The minimum atomic E-state index is -0.598. The van der Waals surface area contributed by atoms with Crippen molar-refractivity contribution in [1.29, 1.82) is 0 Å². The number of carbonyl (C=O) groups is 2. The number of benzene rings is 1. The molecule has 6 heteroatoms. The highest BCUT2D eigenvalue weighted by molar-refractivity contribution is 9.10. The standard InChI is InChI=1S/C15H20BrNO4/c1-15(2,3)21-14(19)17-12(9-13(18)20-4)10-5-7-11(16)8-6-10/h5-8,12H,9H2,1-4H3,(H,17,19)/t12-/m0/s1. The lowest BCUT2D eigenvalue weighted by Crippen LogP contribution is -2.35. The van der Waals surface area contributed by atoms with Crippen LogP contribution in [0.1, 0.15) is 38.8 Å². The predicted octanol–water partition coefficient (Wildman–Crippen LogP) is 3.58. The first kappa shape index (κ1) is 17.5. The molecule has 0 spiro atoms. The summed E-state index contributed by atoms with van der Waals surface area (Å²) in [7, 11) is 1.31. The van der Waals surface area contributed by atoms with Gasteiger partial charge in [0.25, 0.3) is 0 Å². The molecule has 5 nitrogen and oxygen atoms in total. The summed E-state index contributed by atoms with van der Waals surface area (Å²) in [5.74, 6) is -0.404. The summed E-state index contributed by atoms with van der Waals surface area (Å²) >= 11 is 3.35. The van der Waals surface area contributed by atoms with Crippen LogP contribution in [0.25, 0.3) is 0 Å². The molecular formula is C15H20BrNO4. The van der Waals surface area contributed by atoms with E-state index < -0.39 is 23.7 Å². The molecule has 0 aromatic heterocycles. The zero-order valence-corrected chi connectivity index (χ0v) is 14.2. The monoisotopic (exact) mass is 357 g/mol. The summed E-state index contributed by atoms with van der Waals surface area (Å²) in [5.41, 5.74) is 0.203. The van der Waals surface area contributed by atoms with Crippen molar-refractivity contribution in [3.05, 3.63) is 34.3 Å². The van der Waals surface area contributed by atoms with E-state index in [1.165, 1.54) is 7.11 Å². The van der Waals surface area contributed by atoms with Crippen LogP contribution in [-0.2, 0) is 14.3 Å². The average molecular weight is 358 g/mol. The van der Waals surface area contributed by atoms with Crippen LogP contribution in [0.15, 0.2) is 28.7 Å². The Hall–Kier alpha value is -1.56. The molecule has 0 aliphatic rings. The van der Waals surface area contributed by atoms with Gasteiger partial charge in [-0.25, -0.2) is 4.79 Å². The molecule has 0 radical (unpaired) electrons. The Kier molecular flexibility index (Phi) is 6.20. The molecule has 0 saturated carbocycles. The topological polar surface area (TPSA) is 64.6 Å². The molecule has 1 N–H and O–H groups in total. The molecule has 0 heterocycles. The number of rotatable bonds is 4. The number of hydrogen-bond donors (Lipinski definition) is 1. The maximum absolute atomic E-state index is 11.9. The van der Waals surface area contributed by atoms with Gasteiger partial charge in [0.15, 0.2) is 0 Å². The first-order valence-electron chi connectivity index (χ1n) is 6.53. The number of nitrogens with one attached hydrogen (secondary N) is 1. The lowest BCUT2D eigenvalue weighted by atomic mass is 10.0. The van der Waals surface area contributed by atoms with Crippen LogP contribution in [0.2, 0.25) is 0 Å². The summed E-state index contributed by atoms with van der Waals surface area (Å²) in [4.78, 5) is 23.4. The van der Waals surface area contributed by atoms with E-state index in [1.807, 2.05) is 24.3 Å². The van der Waals surface area contributed by atoms with E-state index in [2.05, 4.69) is 26.0 Å². The summed E-state index contributed by atoms with van der Waals surface area (Å²) in [5, 5.41) is 2.70. The van der Waals surface area contributed by atoms with Gasteiger partial charge in [0.2, 0.25) is 0 Å². The Balaban J connectivity index is 2.84. The first-order chi connectivity index (χ1) is 9.71. The molecular weight excluding hydrogens is 338 g/mol. The normalized spacial score (nSPS) is 12.4. The smallest absolute Gasteiger partial charge is 0.408 e. The van der Waals surface area contributed by atoms with E-state index in [0.29, 0.717) is 0 Å². The lowest BCUT2D eigenvalue weighted by molar-refractivity contribution is -0.141. The fourth-order valence-corrected chi connectivity index (χ4v) is 1.91. The van der Waals surface area contributed by atoms with Crippen LogP contribution >= 0.6 is 15.9 Å². The number of hydrogen-bond acceptors (Lipinski definition) is 4. The van der Waals surface area contributed by atoms with Crippen molar-refractivity contribution in [2.45, 2.75) is 38.8 Å². The Morgan fingerprint density at radius 2 is 1.81 bits per heavy atom. The fourth-order valence-electron chi connectivity index (χ4n) is 1.65. The maximum Gasteiger partial charge on any atom is 0.408 e. The molecule has 0 aliphatic heterocycles. The van der Waals surface area contributed by atoms with Crippen molar-refractivity contribution in [2.24, 2.45) is 0 Å². The second-order valence-electron chi connectivity index (χ2n) is 5.53. The SMILES string of the molecule is COC(=O)C[C@H](NC(=O)OC(C)(C)C)c1ccc(Br)cc1. The van der Waals surface area contributed by atoms with Crippen molar-refractivity contribution in [2.75, 3.05) is 7.11 Å². The second kappa shape index (κ2) is 7.45. The molecule has 1 rings (SSSR count). The highest BCUT2D eigenvalue weighted by Gasteiger charge is 2.22. The zero-order chi connectivity index (χ0) is 16.0. The molecule has 0 unspecified atom stereocenters. The van der Waals surface area contributed by atoms with Crippen molar-refractivity contribution in [3.8, 4) is 0 Å². The Bertz CT molecular complexity index is 493. The zero-order valence-electron chi connectivity index (χ0n) is 12.6. The van der Waals surface area contributed by atoms with Gasteiger partial charge in [0.1, 0.15) is 5.60 Å². The van der Waals surface area contributed by atoms with Gasteiger partial charge in [0.05, 0.1) is 19.6 Å². The van der Waals surface area contributed by atoms with Gasteiger partial charge in [-0.1, -0.05) is 28.1 Å². The van der Waals surface area contributed by atoms with Gasteiger partial charge in [-0.2, -0.15) is 0 Å². The van der Waals surface area contributed by atoms with Gasteiger partial charge in [-0.15, -0.1) is 0 Å². The maximum atomic E-state index is 11.9. The van der Waals surface area contributed by atoms with Crippen LogP contribution in [0, 0.1) is 0 Å². The van der Waals surface area contributed by atoms with Crippen LogP contribution < -0.4 is 5.32 Å². The number of ether oxygens (including phenoxy) is 2. The summed E-state index contributed by atoms with van der Waals surface area (Å²) in [6, 6.07) is 6.84. The molecule has 1 aromatic rings. The van der Waals surface area contributed by atoms with Crippen molar-refractivity contribution >= 4 is 28.0 Å². The molecule has 1 aromatic carbocycles. The number of amides is 1. The van der Waals surface area contributed by atoms with Gasteiger partial charge in [0, 0.05) is 4.47 Å². The van der Waals surface area contributed by atoms with E-state index in [9.17, 15) is 9.59 Å². The van der Waals surface area contributed by atoms with Crippen LogP contribution in [0.5, 0.6) is 0 Å². The van der Waals surface area contributed by atoms with Gasteiger partial charge in [-0.3, -0.25) is 4.79 Å². The van der Waals surface area contributed by atoms with E-state index >= 15 is 0 Å². The molecule has 0 bridgehead atoms. The number of methoxy groups -OCH3 is 1. The van der Waals surface area contributed by atoms with Crippen LogP contribution in [0.3, 0.4) is 0 Å². The number of halogens is 1. The number of alkyl carbamates (subject to hydrolysis) is 1. The number of esters is 1. The number of carbonyl (C=O) groups excluding carboxylic acids is 2. The Morgan fingerprint density at radius 1 is 1.24 bits per heavy atom. The third kappa shape index (κ3) is 6.62. The largest absolute Gasteiger partial charge is 0.469 e. The first-order valence-corrected chi connectivity index (χ1v) is 7.32. The molecule has 0 aliphatic carbocycles. The highest BCUT2D eigenvalue weighted by atomic mass is 79.9. The molecule has 0 saturated heterocycles. The molecule has 0 fully saturated rings. The molecule has 1 atom stereocenters. The highest BCUT2D eigenvalue weighted by Crippen LogP contribution is 2.21. The van der Waals surface area contributed by atoms with Crippen LogP contribution in [-0.4, -0.2) is 24.8 Å². The third-order valence-corrected chi connectivity index (χ3v) is 3.09. The minimum absolute atomic E-state index is 0.0391. The predicted molar refractivity (Wildman–Crippen MR) is 82.9 cm³/mol. The van der Waals surface area contributed by atoms with Crippen LogP contribution in [0.4, 0.5) is 4.79 Å². The van der Waals surface area contributed by atoms with Crippen molar-refractivity contribution in [1.82, 2.24) is 5.32 Å². The molecule has 116 valence electrons. The Morgan fingerprint density at radius 3 is 2.29 bits per heavy atom. The summed E-state index contributed by atoms with van der Waals surface area (Å²) in [6.07, 6.45) is -0.531. The summed E-state index contributed by atoms with van der Waals surface area (Å²) < 4.78 is 10.8. The van der Waals surface area contributed by atoms with E-state index in [4.69, 9.17) is 4.74 Å². The van der Waals surface area contributed by atoms with Gasteiger partial charge in [-0.05, 0) is 38.5 Å². The van der Waals surface area contributed by atoms with E-state index in [-0.39, 0.29) is 6.42 Å². The van der Waals surface area contributed by atoms with E-state index in [1.54, 1.807) is 20.8 Å². The molecule has 21 heavy (non-hydrogen) atoms. The second-order valence-corrected chi connectivity index (χ2v) is 6.45. The molecule has 1 amide bonds. The fraction of sp³-hybridized carbons (Fsp3) is 0.467. The summed E-state index contributed by atoms with van der Waals surface area (Å²) in [6.45, 7) is 5.34.